The van der Waals surface area contributed by atoms with Crippen molar-refractivity contribution in [2.45, 2.75) is 65.2 Å². The number of aryl methyl sites for hydroxylation is 1. The Morgan fingerprint density at radius 1 is 1.05 bits per heavy atom. The van der Waals surface area contributed by atoms with Gasteiger partial charge in [0.15, 0.2) is 5.65 Å². The molecule has 0 aliphatic heterocycles. The Kier molecular flexibility index (Phi) is 6.51. The minimum atomic E-state index is 0.739. The third-order valence-electron chi connectivity index (χ3n) is 3.81. The number of hydrogen-bond donors (Lipinski definition) is 1. The zero-order valence-electron chi connectivity index (χ0n) is 13.4. The maximum absolute atomic E-state index is 4.48. The van der Waals surface area contributed by atoms with Crippen molar-refractivity contribution >= 4 is 11.6 Å². The van der Waals surface area contributed by atoms with Gasteiger partial charge in [0.1, 0.15) is 0 Å². The highest BCUT2D eigenvalue weighted by Crippen LogP contribution is 2.10. The second-order valence-electron chi connectivity index (χ2n) is 5.84. The molecule has 1 N–H and O–H groups in total. The quantitative estimate of drug-likeness (QED) is 0.650. The summed E-state index contributed by atoms with van der Waals surface area (Å²) in [5.74, 6) is 0.739. The van der Waals surface area contributed by atoms with Crippen LogP contribution >= 0.6 is 0 Å². The molecule has 2 heterocycles. The number of hydrogen-bond acceptors (Lipinski definition) is 3. The van der Waals surface area contributed by atoms with E-state index in [4.69, 9.17) is 0 Å². The van der Waals surface area contributed by atoms with E-state index in [-0.39, 0.29) is 0 Å². The highest BCUT2D eigenvalue weighted by Gasteiger charge is 2.02. The first kappa shape index (κ1) is 15.8. The lowest BCUT2D eigenvalue weighted by Gasteiger charge is -2.02. The van der Waals surface area contributed by atoms with Gasteiger partial charge in [0.05, 0.1) is 0 Å². The largest absolute Gasteiger partial charge is 0.353 e. The normalized spacial score (nSPS) is 11.1. The van der Waals surface area contributed by atoms with Crippen LogP contribution < -0.4 is 5.32 Å². The van der Waals surface area contributed by atoms with Crippen molar-refractivity contribution in [2.75, 3.05) is 11.9 Å². The number of pyridine rings is 1. The van der Waals surface area contributed by atoms with Crippen molar-refractivity contribution in [3.8, 4) is 0 Å². The molecular weight excluding hydrogens is 260 g/mol. The van der Waals surface area contributed by atoms with E-state index in [2.05, 4.69) is 35.3 Å². The Morgan fingerprint density at radius 2 is 1.76 bits per heavy atom. The monoisotopic (exact) mass is 288 g/mol. The first-order valence-electron chi connectivity index (χ1n) is 8.36. The molecule has 0 unspecified atom stereocenters. The maximum atomic E-state index is 4.48. The van der Waals surface area contributed by atoms with Gasteiger partial charge in [-0.1, -0.05) is 51.9 Å². The number of rotatable bonds is 10. The SMILES string of the molecule is CCCCCCCCCCNc1nc2cc(C)ccn2n1. The molecule has 2 rings (SSSR count). The van der Waals surface area contributed by atoms with Crippen LogP contribution in [0.2, 0.25) is 0 Å². The van der Waals surface area contributed by atoms with Gasteiger partial charge in [0.2, 0.25) is 5.95 Å². The highest BCUT2D eigenvalue weighted by atomic mass is 15.3. The van der Waals surface area contributed by atoms with E-state index in [1.165, 1.54) is 56.9 Å². The molecule has 116 valence electrons. The summed E-state index contributed by atoms with van der Waals surface area (Å²) >= 11 is 0. The molecule has 0 aliphatic carbocycles. The molecule has 0 fully saturated rings. The first-order chi connectivity index (χ1) is 10.3. The lowest BCUT2D eigenvalue weighted by molar-refractivity contribution is 0.581. The molecule has 21 heavy (non-hydrogen) atoms. The summed E-state index contributed by atoms with van der Waals surface area (Å²) in [4.78, 5) is 4.48. The molecule has 2 aromatic heterocycles. The molecule has 2 aromatic rings. The van der Waals surface area contributed by atoms with E-state index in [1.807, 2.05) is 16.8 Å². The first-order valence-corrected chi connectivity index (χ1v) is 8.36. The van der Waals surface area contributed by atoms with Gasteiger partial charge in [-0.25, -0.2) is 4.52 Å². The van der Waals surface area contributed by atoms with Crippen LogP contribution in [0.1, 0.15) is 63.9 Å². The second kappa shape index (κ2) is 8.65. The van der Waals surface area contributed by atoms with Crippen molar-refractivity contribution in [1.82, 2.24) is 14.6 Å². The molecule has 0 aliphatic rings. The fourth-order valence-electron chi connectivity index (χ4n) is 2.52. The van der Waals surface area contributed by atoms with Crippen LogP contribution in [0.4, 0.5) is 5.95 Å². The van der Waals surface area contributed by atoms with E-state index in [9.17, 15) is 0 Å². The van der Waals surface area contributed by atoms with E-state index < -0.39 is 0 Å². The van der Waals surface area contributed by atoms with Crippen molar-refractivity contribution in [3.05, 3.63) is 23.9 Å². The Bertz CT molecular complexity index is 533. The number of nitrogens with one attached hydrogen (secondary N) is 1. The van der Waals surface area contributed by atoms with Crippen LogP contribution in [0, 0.1) is 6.92 Å². The van der Waals surface area contributed by atoms with Crippen molar-refractivity contribution in [3.63, 3.8) is 0 Å². The lowest BCUT2D eigenvalue weighted by Crippen LogP contribution is -2.03. The molecule has 4 nitrogen and oxygen atoms in total. The molecule has 0 spiro atoms. The van der Waals surface area contributed by atoms with Crippen LogP contribution in [0.3, 0.4) is 0 Å². The van der Waals surface area contributed by atoms with E-state index in [0.29, 0.717) is 0 Å². The molecule has 0 amide bonds. The van der Waals surface area contributed by atoms with Crippen molar-refractivity contribution in [1.29, 1.82) is 0 Å². The average Bonchev–Trinajstić information content (AvgIpc) is 2.87. The number of unbranched alkanes of at least 4 members (excludes halogenated alkanes) is 7. The van der Waals surface area contributed by atoms with E-state index >= 15 is 0 Å². The summed E-state index contributed by atoms with van der Waals surface area (Å²) in [6, 6.07) is 4.10. The summed E-state index contributed by atoms with van der Waals surface area (Å²) in [5.41, 5.74) is 2.12. The van der Waals surface area contributed by atoms with Gasteiger partial charge < -0.3 is 5.32 Å². The molecule has 0 aromatic carbocycles. The molecule has 0 bridgehead atoms. The Labute approximate surface area is 128 Å². The van der Waals surface area contributed by atoms with Crippen LogP contribution in [-0.2, 0) is 0 Å². The topological polar surface area (TPSA) is 42.2 Å². The molecule has 0 saturated carbocycles. The summed E-state index contributed by atoms with van der Waals surface area (Å²) in [5, 5.41) is 7.74. The maximum Gasteiger partial charge on any atom is 0.243 e. The fraction of sp³-hybridized carbons (Fsp3) is 0.647. The number of fused-ring (bicyclic) bond motifs is 1. The van der Waals surface area contributed by atoms with Gasteiger partial charge in [-0.2, -0.15) is 4.98 Å². The molecule has 0 radical (unpaired) electrons. The van der Waals surface area contributed by atoms with Gasteiger partial charge in [0.25, 0.3) is 0 Å². The minimum Gasteiger partial charge on any atom is -0.353 e. The molecule has 0 saturated heterocycles. The summed E-state index contributed by atoms with van der Waals surface area (Å²) in [6.07, 6.45) is 12.7. The molecule has 4 heteroatoms. The Morgan fingerprint density at radius 3 is 2.52 bits per heavy atom. The number of aromatic nitrogens is 3. The lowest BCUT2D eigenvalue weighted by atomic mass is 10.1. The zero-order valence-corrected chi connectivity index (χ0v) is 13.4. The van der Waals surface area contributed by atoms with E-state index in [1.54, 1.807) is 0 Å². The van der Waals surface area contributed by atoms with Gasteiger partial charge >= 0.3 is 0 Å². The van der Waals surface area contributed by atoms with Gasteiger partial charge in [-0.3, -0.25) is 0 Å². The number of anilines is 1. The van der Waals surface area contributed by atoms with Gasteiger partial charge in [-0.15, -0.1) is 5.10 Å². The number of nitrogens with zero attached hydrogens (tertiary/aromatic N) is 3. The van der Waals surface area contributed by atoms with Crippen LogP contribution in [0.5, 0.6) is 0 Å². The fourth-order valence-corrected chi connectivity index (χ4v) is 2.52. The average molecular weight is 288 g/mol. The smallest absolute Gasteiger partial charge is 0.243 e. The van der Waals surface area contributed by atoms with Crippen LogP contribution in [0.15, 0.2) is 18.3 Å². The summed E-state index contributed by atoms with van der Waals surface area (Å²) < 4.78 is 1.82. The van der Waals surface area contributed by atoms with Gasteiger partial charge in [-0.05, 0) is 31.0 Å². The Balaban J connectivity index is 1.59. The standard InChI is InChI=1S/C17H28N4/c1-3-4-5-6-7-8-9-10-12-18-17-19-16-14-15(2)11-13-21(16)20-17/h11,13-14H,3-10,12H2,1-2H3,(H,18,20). The van der Waals surface area contributed by atoms with Crippen molar-refractivity contribution in [2.24, 2.45) is 0 Å². The third-order valence-corrected chi connectivity index (χ3v) is 3.81. The van der Waals surface area contributed by atoms with Crippen LogP contribution in [0.25, 0.3) is 5.65 Å². The van der Waals surface area contributed by atoms with E-state index in [0.717, 1.165) is 18.1 Å². The predicted octanol–water partition coefficient (Wildman–Crippen LogP) is 4.59. The summed E-state index contributed by atoms with van der Waals surface area (Å²) in [6.45, 7) is 5.30. The minimum absolute atomic E-state index is 0.739. The van der Waals surface area contributed by atoms with Crippen LogP contribution in [-0.4, -0.2) is 21.1 Å². The highest BCUT2D eigenvalue weighted by molar-refractivity contribution is 5.45. The van der Waals surface area contributed by atoms with Crippen molar-refractivity contribution < 1.29 is 0 Å². The Hall–Kier alpha value is -1.58. The zero-order chi connectivity index (χ0) is 14.9. The molecule has 0 atom stereocenters. The predicted molar refractivity (Wildman–Crippen MR) is 88.8 cm³/mol. The summed E-state index contributed by atoms with van der Waals surface area (Å²) in [7, 11) is 0. The molecular formula is C17H28N4. The van der Waals surface area contributed by atoms with Gasteiger partial charge in [0, 0.05) is 12.7 Å². The second-order valence-corrected chi connectivity index (χ2v) is 5.84. The third kappa shape index (κ3) is 5.37.